The molecule has 21 heavy (non-hydrogen) atoms. The maximum Gasteiger partial charge on any atom is 0.416 e. The van der Waals surface area contributed by atoms with Gasteiger partial charge in [0.1, 0.15) is 4.90 Å². The van der Waals surface area contributed by atoms with Crippen molar-refractivity contribution in [2.75, 3.05) is 13.1 Å². The Morgan fingerprint density at radius 3 is 2.43 bits per heavy atom. The van der Waals surface area contributed by atoms with Gasteiger partial charge in [-0.1, -0.05) is 11.6 Å². The molecule has 2 N–H and O–H groups in total. The van der Waals surface area contributed by atoms with E-state index in [2.05, 4.69) is 10.0 Å². The minimum atomic E-state index is -4.62. The van der Waals surface area contributed by atoms with Crippen molar-refractivity contribution in [3.63, 3.8) is 0 Å². The fourth-order valence-corrected chi connectivity index (χ4v) is 3.94. The summed E-state index contributed by atoms with van der Waals surface area (Å²) >= 11 is 5.75. The molecule has 1 saturated heterocycles. The summed E-state index contributed by atoms with van der Waals surface area (Å²) in [5, 5.41) is 2.84. The van der Waals surface area contributed by atoms with E-state index in [0.29, 0.717) is 32.0 Å². The molecule has 1 aliphatic rings. The minimum Gasteiger partial charge on any atom is -0.317 e. The van der Waals surface area contributed by atoms with Gasteiger partial charge in [0.05, 0.1) is 10.6 Å². The Morgan fingerprint density at radius 2 is 1.86 bits per heavy atom. The van der Waals surface area contributed by atoms with Crippen LogP contribution in [0.25, 0.3) is 0 Å². The van der Waals surface area contributed by atoms with Crippen LogP contribution in [0.2, 0.25) is 5.02 Å². The van der Waals surface area contributed by atoms with Crippen molar-refractivity contribution in [3.05, 3.63) is 28.8 Å². The van der Waals surface area contributed by atoms with E-state index in [1.807, 2.05) is 0 Å². The smallest absolute Gasteiger partial charge is 0.317 e. The van der Waals surface area contributed by atoms with Crippen LogP contribution in [-0.4, -0.2) is 27.5 Å². The van der Waals surface area contributed by atoms with E-state index in [4.69, 9.17) is 11.6 Å². The molecule has 0 spiro atoms. The summed E-state index contributed by atoms with van der Waals surface area (Å²) in [6.07, 6.45) is -3.46. The van der Waals surface area contributed by atoms with Gasteiger partial charge in [-0.05, 0) is 44.1 Å². The van der Waals surface area contributed by atoms with Crippen LogP contribution in [0.15, 0.2) is 23.1 Å². The van der Waals surface area contributed by atoms with Crippen molar-refractivity contribution in [2.24, 2.45) is 0 Å². The number of piperidine rings is 1. The van der Waals surface area contributed by atoms with Gasteiger partial charge in [0, 0.05) is 6.04 Å². The van der Waals surface area contributed by atoms with Crippen LogP contribution in [0, 0.1) is 0 Å². The highest BCUT2D eigenvalue weighted by molar-refractivity contribution is 7.89. The predicted molar refractivity (Wildman–Crippen MR) is 72.7 cm³/mol. The van der Waals surface area contributed by atoms with Gasteiger partial charge in [0.15, 0.2) is 0 Å². The zero-order chi connectivity index (χ0) is 15.7. The third-order valence-electron chi connectivity index (χ3n) is 3.21. The van der Waals surface area contributed by atoms with Crippen LogP contribution < -0.4 is 10.0 Å². The van der Waals surface area contributed by atoms with Gasteiger partial charge in [0.2, 0.25) is 10.0 Å². The average Bonchev–Trinajstić information content (AvgIpc) is 2.38. The van der Waals surface area contributed by atoms with Crippen LogP contribution in [-0.2, 0) is 16.2 Å². The van der Waals surface area contributed by atoms with E-state index in [1.54, 1.807) is 0 Å². The molecule has 1 aliphatic heterocycles. The molecule has 1 fully saturated rings. The maximum atomic E-state index is 12.7. The van der Waals surface area contributed by atoms with Crippen LogP contribution in [0.3, 0.4) is 0 Å². The summed E-state index contributed by atoms with van der Waals surface area (Å²) < 4.78 is 64.9. The lowest BCUT2D eigenvalue weighted by Crippen LogP contribution is -2.42. The van der Waals surface area contributed by atoms with Crippen molar-refractivity contribution in [2.45, 2.75) is 30.0 Å². The number of sulfonamides is 1. The van der Waals surface area contributed by atoms with E-state index in [0.717, 1.165) is 12.1 Å². The number of halogens is 4. The van der Waals surface area contributed by atoms with Gasteiger partial charge in [-0.25, -0.2) is 13.1 Å². The Kier molecular flexibility index (Phi) is 4.82. The van der Waals surface area contributed by atoms with Crippen molar-refractivity contribution < 1.29 is 21.6 Å². The second-order valence-electron chi connectivity index (χ2n) is 4.79. The summed E-state index contributed by atoms with van der Waals surface area (Å²) in [5.41, 5.74) is -1.04. The largest absolute Gasteiger partial charge is 0.416 e. The van der Waals surface area contributed by atoms with Gasteiger partial charge in [-0.2, -0.15) is 13.2 Å². The van der Waals surface area contributed by atoms with Crippen molar-refractivity contribution in [1.29, 1.82) is 0 Å². The van der Waals surface area contributed by atoms with Gasteiger partial charge >= 0.3 is 6.18 Å². The van der Waals surface area contributed by atoms with Crippen LogP contribution in [0.4, 0.5) is 13.2 Å². The summed E-state index contributed by atoms with van der Waals surface area (Å²) in [7, 11) is -4.08. The first-order chi connectivity index (χ1) is 9.70. The lowest BCUT2D eigenvalue weighted by molar-refractivity contribution is -0.137. The topological polar surface area (TPSA) is 58.2 Å². The lowest BCUT2D eigenvalue weighted by Gasteiger charge is -2.23. The van der Waals surface area contributed by atoms with E-state index in [-0.39, 0.29) is 11.1 Å². The maximum absolute atomic E-state index is 12.7. The number of alkyl halides is 3. The Bertz CT molecular complexity index is 613. The number of hydrogen-bond acceptors (Lipinski definition) is 3. The molecule has 0 radical (unpaired) electrons. The number of benzene rings is 1. The SMILES string of the molecule is O=S(=O)(NC1CCNCC1)c1cc(C(F)(F)F)ccc1Cl. The Labute approximate surface area is 125 Å². The molecule has 0 atom stereocenters. The molecule has 4 nitrogen and oxygen atoms in total. The normalized spacial score (nSPS) is 17.9. The fourth-order valence-electron chi connectivity index (χ4n) is 2.11. The number of hydrogen-bond donors (Lipinski definition) is 2. The molecule has 118 valence electrons. The first-order valence-corrected chi connectivity index (χ1v) is 8.16. The highest BCUT2D eigenvalue weighted by atomic mass is 35.5. The van der Waals surface area contributed by atoms with Gasteiger partial charge in [-0.15, -0.1) is 0 Å². The molecule has 0 amide bonds. The first kappa shape index (κ1) is 16.5. The quantitative estimate of drug-likeness (QED) is 0.886. The minimum absolute atomic E-state index is 0.232. The molecule has 1 aromatic carbocycles. The molecule has 0 saturated carbocycles. The molecule has 2 rings (SSSR count). The van der Waals surface area contributed by atoms with Crippen molar-refractivity contribution in [1.82, 2.24) is 10.0 Å². The molecule has 0 unspecified atom stereocenters. The molecular formula is C12H14ClF3N2O2S. The summed E-state index contributed by atoms with van der Waals surface area (Å²) in [6, 6.07) is 1.96. The van der Waals surface area contributed by atoms with Gasteiger partial charge in [0.25, 0.3) is 0 Å². The predicted octanol–water partition coefficient (Wildman–Crippen LogP) is 2.39. The van der Waals surface area contributed by atoms with Crippen LogP contribution in [0.5, 0.6) is 0 Å². The standard InChI is InChI=1S/C12H14ClF3N2O2S/c13-10-2-1-8(12(14,15)16)7-11(10)21(19,20)18-9-3-5-17-6-4-9/h1-2,7,9,17-18H,3-6H2. The molecular weight excluding hydrogens is 329 g/mol. The summed E-state index contributed by atoms with van der Waals surface area (Å²) in [5.74, 6) is 0. The van der Waals surface area contributed by atoms with Crippen molar-refractivity contribution in [3.8, 4) is 0 Å². The third-order valence-corrected chi connectivity index (χ3v) is 5.21. The number of rotatable bonds is 3. The second-order valence-corrected chi connectivity index (χ2v) is 6.88. The summed E-state index contributed by atoms with van der Waals surface area (Å²) in [4.78, 5) is -0.544. The highest BCUT2D eigenvalue weighted by Crippen LogP contribution is 2.33. The monoisotopic (exact) mass is 342 g/mol. The molecule has 0 bridgehead atoms. The Morgan fingerprint density at radius 1 is 1.24 bits per heavy atom. The van der Waals surface area contributed by atoms with E-state index < -0.39 is 26.7 Å². The zero-order valence-electron chi connectivity index (χ0n) is 10.9. The van der Waals surface area contributed by atoms with Crippen LogP contribution in [0.1, 0.15) is 18.4 Å². The lowest BCUT2D eigenvalue weighted by atomic mass is 10.1. The average molecular weight is 343 g/mol. The molecule has 0 aromatic heterocycles. The highest BCUT2D eigenvalue weighted by Gasteiger charge is 2.33. The Hall–Kier alpha value is -0.830. The zero-order valence-corrected chi connectivity index (χ0v) is 12.4. The van der Waals surface area contributed by atoms with E-state index >= 15 is 0 Å². The molecule has 9 heteroatoms. The molecule has 0 aliphatic carbocycles. The molecule has 1 aromatic rings. The van der Waals surface area contributed by atoms with Crippen molar-refractivity contribution >= 4 is 21.6 Å². The van der Waals surface area contributed by atoms with Gasteiger partial charge < -0.3 is 5.32 Å². The first-order valence-electron chi connectivity index (χ1n) is 6.30. The van der Waals surface area contributed by atoms with Crippen LogP contribution >= 0.6 is 11.6 Å². The fraction of sp³-hybridized carbons (Fsp3) is 0.500. The van der Waals surface area contributed by atoms with E-state index in [9.17, 15) is 21.6 Å². The third kappa shape index (κ3) is 4.09. The second kappa shape index (κ2) is 6.12. The van der Waals surface area contributed by atoms with Gasteiger partial charge in [-0.3, -0.25) is 0 Å². The van der Waals surface area contributed by atoms with E-state index in [1.165, 1.54) is 0 Å². The Balaban J connectivity index is 2.30. The molecule has 1 heterocycles. The number of nitrogens with one attached hydrogen (secondary N) is 2. The summed E-state index contributed by atoms with van der Waals surface area (Å²) in [6.45, 7) is 1.31.